The van der Waals surface area contributed by atoms with Crippen LogP contribution >= 0.6 is 0 Å². The lowest BCUT2D eigenvalue weighted by Gasteiger charge is -2.08. The zero-order valence-electron chi connectivity index (χ0n) is 8.28. The van der Waals surface area contributed by atoms with E-state index in [2.05, 4.69) is 19.6 Å². The molecule has 92 valence electrons. The molecule has 0 aromatic carbocycles. The molecule has 17 heavy (non-hydrogen) atoms. The van der Waals surface area contributed by atoms with Crippen LogP contribution in [0.5, 0.6) is 0 Å². The van der Waals surface area contributed by atoms with Crippen LogP contribution in [0, 0.1) is 0 Å². The second kappa shape index (κ2) is 5.61. The quantitative estimate of drug-likeness (QED) is 0.494. The van der Waals surface area contributed by atoms with Gasteiger partial charge in [0.2, 0.25) is 0 Å². The maximum absolute atomic E-state index is 11.0. The molecule has 0 radical (unpaired) electrons. The molecule has 0 spiro atoms. The molecule has 9 heteroatoms. The Morgan fingerprint density at radius 2 is 1.47 bits per heavy atom. The summed E-state index contributed by atoms with van der Waals surface area (Å²) in [5.74, 6) is -4.44. The van der Waals surface area contributed by atoms with Gasteiger partial charge in [0.05, 0.1) is 6.42 Å². The first kappa shape index (κ1) is 12.6. The molecule has 1 unspecified atom stereocenters. The van der Waals surface area contributed by atoms with Crippen molar-refractivity contribution < 1.29 is 38.7 Å². The average molecular weight is 245 g/mol. The summed E-state index contributed by atoms with van der Waals surface area (Å²) in [6.07, 6.45) is 0.620. The van der Waals surface area contributed by atoms with Crippen LogP contribution in [-0.4, -0.2) is 29.9 Å². The van der Waals surface area contributed by atoms with E-state index in [9.17, 15) is 19.2 Å². The zero-order valence-corrected chi connectivity index (χ0v) is 8.28. The largest absolute Gasteiger partial charge is 0.379 e. The molecule has 0 amide bonds. The van der Waals surface area contributed by atoms with Crippen molar-refractivity contribution in [1.82, 2.24) is 0 Å². The van der Waals surface area contributed by atoms with E-state index in [0.29, 0.717) is 12.2 Å². The van der Waals surface area contributed by atoms with Gasteiger partial charge in [-0.1, -0.05) is 0 Å². The van der Waals surface area contributed by atoms with Crippen LogP contribution < -0.4 is 5.73 Å². The highest BCUT2D eigenvalue weighted by Gasteiger charge is 2.24. The van der Waals surface area contributed by atoms with E-state index in [1.165, 1.54) is 0 Å². The lowest BCUT2D eigenvalue weighted by molar-refractivity contribution is -0.261. The Bertz CT molecular complexity index is 387. The standard InChI is InChI=1S/C8H7NO8/c9-4-3-7(12)16-14-5(10)1-2-6(11)15-17-8(4)13/h1-2,4H,3,9H2/b2-1+. The SMILES string of the molecule is NC1CC(=O)OOC(=O)/C=C/C(=O)OOC1=O. The van der Waals surface area contributed by atoms with Crippen molar-refractivity contribution >= 4 is 23.9 Å². The molecule has 2 N–H and O–H groups in total. The summed E-state index contributed by atoms with van der Waals surface area (Å²) in [6.45, 7) is 0. The highest BCUT2D eigenvalue weighted by molar-refractivity contribution is 5.92. The minimum absolute atomic E-state index is 0.604. The van der Waals surface area contributed by atoms with Crippen molar-refractivity contribution in [1.29, 1.82) is 0 Å². The van der Waals surface area contributed by atoms with Crippen LogP contribution in [0.1, 0.15) is 6.42 Å². The third kappa shape index (κ3) is 4.30. The van der Waals surface area contributed by atoms with E-state index >= 15 is 0 Å². The molecule has 0 bridgehead atoms. The predicted octanol–water partition coefficient (Wildman–Crippen LogP) is -1.72. The second-order valence-corrected chi connectivity index (χ2v) is 2.81. The van der Waals surface area contributed by atoms with E-state index < -0.39 is 36.3 Å². The summed E-state index contributed by atoms with van der Waals surface area (Å²) < 4.78 is 0. The molecule has 0 aromatic rings. The van der Waals surface area contributed by atoms with Gasteiger partial charge in [-0.15, -0.1) is 0 Å². The van der Waals surface area contributed by atoms with Crippen LogP contribution in [0.4, 0.5) is 0 Å². The fraction of sp³-hybridized carbons (Fsp3) is 0.250. The van der Waals surface area contributed by atoms with Gasteiger partial charge in [-0.05, 0) is 0 Å². The van der Waals surface area contributed by atoms with E-state index in [0.717, 1.165) is 0 Å². The van der Waals surface area contributed by atoms with Gasteiger partial charge in [0.1, 0.15) is 6.04 Å². The molecule has 0 aromatic heterocycles. The zero-order chi connectivity index (χ0) is 12.8. The Morgan fingerprint density at radius 3 is 2.06 bits per heavy atom. The van der Waals surface area contributed by atoms with Crippen LogP contribution in [0.25, 0.3) is 0 Å². The second-order valence-electron chi connectivity index (χ2n) is 2.81. The van der Waals surface area contributed by atoms with Crippen LogP contribution in [-0.2, 0) is 38.7 Å². The molecule has 1 atom stereocenters. The van der Waals surface area contributed by atoms with Crippen LogP contribution in [0.2, 0.25) is 0 Å². The van der Waals surface area contributed by atoms with Gasteiger partial charge in [-0.3, -0.25) is 0 Å². The summed E-state index contributed by atoms with van der Waals surface area (Å²) >= 11 is 0. The van der Waals surface area contributed by atoms with Crippen molar-refractivity contribution in [3.63, 3.8) is 0 Å². The lowest BCUT2D eigenvalue weighted by Crippen LogP contribution is -2.35. The van der Waals surface area contributed by atoms with Gasteiger partial charge in [0, 0.05) is 12.2 Å². The van der Waals surface area contributed by atoms with E-state index in [1.54, 1.807) is 0 Å². The Balaban J connectivity index is 2.74. The van der Waals surface area contributed by atoms with Crippen molar-refractivity contribution in [3.05, 3.63) is 12.2 Å². The molecule has 1 heterocycles. The first-order chi connectivity index (χ1) is 7.99. The number of carbonyl (C=O) groups is 4. The topological polar surface area (TPSA) is 131 Å². The van der Waals surface area contributed by atoms with Crippen LogP contribution in [0.15, 0.2) is 12.2 Å². The van der Waals surface area contributed by atoms with Gasteiger partial charge in [0.15, 0.2) is 0 Å². The van der Waals surface area contributed by atoms with Crippen molar-refractivity contribution in [2.24, 2.45) is 5.73 Å². The maximum atomic E-state index is 11.0. The monoisotopic (exact) mass is 245 g/mol. The molecule has 0 aliphatic carbocycles. The minimum atomic E-state index is -1.41. The molecule has 9 nitrogen and oxygen atoms in total. The number of rotatable bonds is 0. The smallest absolute Gasteiger partial charge is 0.318 e. The fourth-order valence-electron chi connectivity index (χ4n) is 0.720. The van der Waals surface area contributed by atoms with Crippen molar-refractivity contribution in [2.75, 3.05) is 0 Å². The summed E-state index contributed by atoms with van der Waals surface area (Å²) in [4.78, 5) is 59.5. The van der Waals surface area contributed by atoms with E-state index in [4.69, 9.17) is 5.73 Å². The van der Waals surface area contributed by atoms with Gasteiger partial charge < -0.3 is 5.73 Å². The van der Waals surface area contributed by atoms with E-state index in [1.807, 2.05) is 0 Å². The van der Waals surface area contributed by atoms with Gasteiger partial charge >= 0.3 is 23.9 Å². The molecule has 1 aliphatic rings. The Kier molecular flexibility index (Phi) is 4.17. The lowest BCUT2D eigenvalue weighted by atomic mass is 10.2. The summed E-state index contributed by atoms with van der Waals surface area (Å²) in [5, 5.41) is 0. The third-order valence-corrected chi connectivity index (χ3v) is 1.47. The maximum Gasteiger partial charge on any atom is 0.379 e. The Morgan fingerprint density at radius 1 is 0.941 bits per heavy atom. The molecule has 1 rings (SSSR count). The molecule has 0 saturated carbocycles. The predicted molar refractivity (Wildman–Crippen MR) is 46.1 cm³/mol. The number of nitrogens with two attached hydrogens (primary N) is 1. The Labute approximate surface area is 93.9 Å². The summed E-state index contributed by atoms with van der Waals surface area (Å²) in [6, 6.07) is -1.41. The third-order valence-electron chi connectivity index (χ3n) is 1.47. The normalized spacial score (nSPS) is 24.4. The van der Waals surface area contributed by atoms with Gasteiger partial charge in [0.25, 0.3) is 0 Å². The van der Waals surface area contributed by atoms with E-state index in [-0.39, 0.29) is 0 Å². The average Bonchev–Trinajstić information content (AvgIpc) is 2.29. The first-order valence-electron chi connectivity index (χ1n) is 4.26. The summed E-state index contributed by atoms with van der Waals surface area (Å²) in [7, 11) is 0. The van der Waals surface area contributed by atoms with Gasteiger partial charge in [-0.2, -0.15) is 0 Å². The minimum Gasteiger partial charge on any atom is -0.318 e. The van der Waals surface area contributed by atoms with Crippen molar-refractivity contribution in [3.8, 4) is 0 Å². The Hall–Kier alpha value is -2.42. The molecular formula is C8H7NO8. The number of hydrogen-bond donors (Lipinski definition) is 1. The first-order valence-corrected chi connectivity index (χ1v) is 4.26. The summed E-state index contributed by atoms with van der Waals surface area (Å²) in [5.41, 5.74) is 5.20. The van der Waals surface area contributed by atoms with Crippen molar-refractivity contribution in [2.45, 2.75) is 12.5 Å². The molecule has 0 saturated heterocycles. The fourth-order valence-corrected chi connectivity index (χ4v) is 0.720. The molecular weight excluding hydrogens is 238 g/mol. The number of carbonyl (C=O) groups excluding carboxylic acids is 4. The molecule has 1 aliphatic heterocycles. The molecule has 0 fully saturated rings. The number of hydrogen-bond acceptors (Lipinski definition) is 9. The van der Waals surface area contributed by atoms with Crippen LogP contribution in [0.3, 0.4) is 0 Å². The highest BCUT2D eigenvalue weighted by atomic mass is 17.2. The van der Waals surface area contributed by atoms with Gasteiger partial charge in [-0.25, -0.2) is 38.7 Å². The highest BCUT2D eigenvalue weighted by Crippen LogP contribution is 1.99.